The van der Waals surface area contributed by atoms with Crippen LogP contribution in [0.4, 0.5) is 5.69 Å². The molecule has 0 saturated heterocycles. The van der Waals surface area contributed by atoms with E-state index in [9.17, 15) is 4.79 Å². The number of oxazole rings is 1. The van der Waals surface area contributed by atoms with Gasteiger partial charge >= 0.3 is 0 Å². The molecule has 5 nitrogen and oxygen atoms in total. The number of nitrogens with one attached hydrogen (secondary N) is 1. The molecule has 0 aliphatic rings. The number of hydrogen-bond donors (Lipinski definition) is 2. The second kappa shape index (κ2) is 7.21. The molecule has 0 unspecified atom stereocenters. The van der Waals surface area contributed by atoms with Crippen molar-refractivity contribution >= 4 is 11.6 Å². The van der Waals surface area contributed by atoms with E-state index in [-0.39, 0.29) is 11.6 Å². The number of carbonyl (C=O) groups excluding carboxylic acids is 1. The van der Waals surface area contributed by atoms with E-state index in [0.717, 1.165) is 27.9 Å². The van der Waals surface area contributed by atoms with Crippen LogP contribution >= 0.6 is 0 Å². The summed E-state index contributed by atoms with van der Waals surface area (Å²) in [4.78, 5) is 16.6. The van der Waals surface area contributed by atoms with Crippen molar-refractivity contribution in [1.82, 2.24) is 10.3 Å². The minimum atomic E-state index is -0.251. The van der Waals surface area contributed by atoms with Gasteiger partial charge in [0.25, 0.3) is 5.91 Å². The number of nitrogens with zero attached hydrogens (tertiary/aromatic N) is 1. The summed E-state index contributed by atoms with van der Waals surface area (Å²) in [6, 6.07) is 13.7. The van der Waals surface area contributed by atoms with E-state index in [4.69, 9.17) is 10.2 Å². The van der Waals surface area contributed by atoms with Crippen molar-refractivity contribution in [1.29, 1.82) is 0 Å². The second-order valence-corrected chi connectivity index (χ2v) is 6.10. The number of aryl methyl sites for hydroxylation is 2. The highest BCUT2D eigenvalue weighted by molar-refractivity contribution is 5.91. The average molecular weight is 335 g/mol. The second-order valence-electron chi connectivity index (χ2n) is 6.10. The molecule has 25 heavy (non-hydrogen) atoms. The Morgan fingerprint density at radius 2 is 1.84 bits per heavy atom. The van der Waals surface area contributed by atoms with E-state index in [0.29, 0.717) is 18.9 Å². The molecule has 0 atom stereocenters. The molecule has 1 aromatic heterocycles. The molecule has 3 rings (SSSR count). The Labute approximate surface area is 146 Å². The number of nitrogen functional groups attached to an aromatic ring is 1. The molecule has 1 amide bonds. The molecule has 1 heterocycles. The van der Waals surface area contributed by atoms with E-state index in [2.05, 4.69) is 10.3 Å². The van der Waals surface area contributed by atoms with Crippen molar-refractivity contribution in [2.75, 3.05) is 5.73 Å². The van der Waals surface area contributed by atoms with Crippen LogP contribution in [-0.4, -0.2) is 10.9 Å². The van der Waals surface area contributed by atoms with Crippen molar-refractivity contribution in [2.45, 2.75) is 26.8 Å². The number of benzene rings is 2. The van der Waals surface area contributed by atoms with Gasteiger partial charge in [-0.3, -0.25) is 4.79 Å². The molecule has 0 saturated carbocycles. The first kappa shape index (κ1) is 16.8. The number of aromatic nitrogens is 1. The number of rotatable bonds is 5. The van der Waals surface area contributed by atoms with Crippen LogP contribution in [0.5, 0.6) is 0 Å². The smallest absolute Gasteiger partial charge is 0.273 e. The van der Waals surface area contributed by atoms with Crippen LogP contribution in [0.2, 0.25) is 0 Å². The minimum absolute atomic E-state index is 0.251. The maximum Gasteiger partial charge on any atom is 0.273 e. The quantitative estimate of drug-likeness (QED) is 0.700. The highest BCUT2D eigenvalue weighted by Crippen LogP contribution is 2.18. The molecule has 0 aliphatic heterocycles. The van der Waals surface area contributed by atoms with Gasteiger partial charge in [-0.25, -0.2) is 4.98 Å². The van der Waals surface area contributed by atoms with Gasteiger partial charge in [0.2, 0.25) is 0 Å². The molecule has 3 aromatic rings. The molecular weight excluding hydrogens is 314 g/mol. The zero-order chi connectivity index (χ0) is 17.8. The third-order valence-electron chi connectivity index (χ3n) is 4.13. The summed E-state index contributed by atoms with van der Waals surface area (Å²) in [5.74, 6) is 0.273. The molecule has 0 spiro atoms. The summed E-state index contributed by atoms with van der Waals surface area (Å²) in [6.07, 6.45) is 1.96. The molecule has 0 fully saturated rings. The van der Waals surface area contributed by atoms with Crippen molar-refractivity contribution < 1.29 is 9.21 Å². The first-order valence-electron chi connectivity index (χ1n) is 8.15. The van der Waals surface area contributed by atoms with Gasteiger partial charge in [-0.2, -0.15) is 0 Å². The summed E-state index contributed by atoms with van der Waals surface area (Å²) in [7, 11) is 0. The van der Waals surface area contributed by atoms with Crippen molar-refractivity contribution in [3.8, 4) is 0 Å². The van der Waals surface area contributed by atoms with E-state index < -0.39 is 0 Å². The van der Waals surface area contributed by atoms with Gasteiger partial charge in [-0.1, -0.05) is 30.3 Å². The number of amides is 1. The number of nitrogens with two attached hydrogens (primary N) is 1. The van der Waals surface area contributed by atoms with E-state index in [1.54, 1.807) is 0 Å². The van der Waals surface area contributed by atoms with Crippen molar-refractivity contribution in [3.63, 3.8) is 0 Å². The van der Waals surface area contributed by atoms with Gasteiger partial charge in [-0.15, -0.1) is 0 Å². The molecule has 128 valence electrons. The van der Waals surface area contributed by atoms with E-state index in [1.807, 2.05) is 56.3 Å². The van der Waals surface area contributed by atoms with Crippen LogP contribution < -0.4 is 11.1 Å². The van der Waals surface area contributed by atoms with Gasteiger partial charge in [0.15, 0.2) is 11.6 Å². The fraction of sp³-hybridized carbons (Fsp3) is 0.200. The monoisotopic (exact) mass is 335 g/mol. The molecule has 0 aliphatic carbocycles. The largest absolute Gasteiger partial charge is 0.448 e. The Bertz CT molecular complexity index is 862. The third kappa shape index (κ3) is 4.07. The Kier molecular flexibility index (Phi) is 4.84. The Morgan fingerprint density at radius 3 is 2.52 bits per heavy atom. The Hall–Kier alpha value is -3.08. The predicted octanol–water partition coefficient (Wildman–Crippen LogP) is 3.39. The van der Waals surface area contributed by atoms with Crippen molar-refractivity contribution in [2.24, 2.45) is 0 Å². The van der Waals surface area contributed by atoms with Gasteiger partial charge in [0.1, 0.15) is 6.26 Å². The van der Waals surface area contributed by atoms with Gasteiger partial charge in [0, 0.05) is 18.7 Å². The molecule has 0 bridgehead atoms. The lowest BCUT2D eigenvalue weighted by molar-refractivity contribution is 0.0946. The van der Waals surface area contributed by atoms with Crippen LogP contribution in [0, 0.1) is 13.8 Å². The highest BCUT2D eigenvalue weighted by atomic mass is 16.3. The lowest BCUT2D eigenvalue weighted by atomic mass is 10.0. The van der Waals surface area contributed by atoms with E-state index >= 15 is 0 Å². The van der Waals surface area contributed by atoms with Gasteiger partial charge < -0.3 is 15.5 Å². The molecule has 2 aromatic carbocycles. The minimum Gasteiger partial charge on any atom is -0.448 e. The summed E-state index contributed by atoms with van der Waals surface area (Å²) in [5, 5.41) is 2.89. The van der Waals surface area contributed by atoms with Crippen molar-refractivity contribution in [3.05, 3.63) is 82.6 Å². The first-order chi connectivity index (χ1) is 12.0. The lowest BCUT2D eigenvalue weighted by Crippen LogP contribution is -2.24. The summed E-state index contributed by atoms with van der Waals surface area (Å²) < 4.78 is 5.42. The van der Waals surface area contributed by atoms with Crippen LogP contribution in [0.3, 0.4) is 0 Å². The highest BCUT2D eigenvalue weighted by Gasteiger charge is 2.13. The Morgan fingerprint density at radius 1 is 1.16 bits per heavy atom. The molecule has 0 radical (unpaired) electrons. The van der Waals surface area contributed by atoms with Crippen LogP contribution in [0.1, 0.15) is 38.6 Å². The zero-order valence-electron chi connectivity index (χ0n) is 14.4. The molecular formula is C20H21N3O2. The van der Waals surface area contributed by atoms with Gasteiger partial charge in [0.05, 0.1) is 0 Å². The molecule has 3 N–H and O–H groups in total. The number of hydrogen-bond acceptors (Lipinski definition) is 4. The van der Waals surface area contributed by atoms with Crippen LogP contribution in [0.25, 0.3) is 0 Å². The maximum absolute atomic E-state index is 12.3. The fourth-order valence-corrected chi connectivity index (χ4v) is 2.83. The topological polar surface area (TPSA) is 81.1 Å². The Balaban J connectivity index is 1.64. The fourth-order valence-electron chi connectivity index (χ4n) is 2.83. The SMILES string of the molecule is Cc1cc(N)cc(C)c1CNC(=O)c1coc(Cc2ccccc2)n1. The predicted molar refractivity (Wildman–Crippen MR) is 97.2 cm³/mol. The van der Waals surface area contributed by atoms with Crippen LogP contribution in [-0.2, 0) is 13.0 Å². The normalized spacial score (nSPS) is 10.6. The molecule has 5 heteroatoms. The average Bonchev–Trinajstić information content (AvgIpc) is 3.03. The maximum atomic E-state index is 12.3. The third-order valence-corrected chi connectivity index (χ3v) is 4.13. The summed E-state index contributed by atoms with van der Waals surface area (Å²) in [5.41, 5.74) is 11.1. The van der Waals surface area contributed by atoms with Gasteiger partial charge in [-0.05, 0) is 48.2 Å². The lowest BCUT2D eigenvalue weighted by Gasteiger charge is -2.11. The number of carbonyl (C=O) groups is 1. The summed E-state index contributed by atoms with van der Waals surface area (Å²) in [6.45, 7) is 4.40. The van der Waals surface area contributed by atoms with Crippen LogP contribution in [0.15, 0.2) is 53.1 Å². The number of anilines is 1. The summed E-state index contributed by atoms with van der Waals surface area (Å²) >= 11 is 0. The standard InChI is InChI=1S/C20H21N3O2/c1-13-8-16(21)9-14(2)17(13)11-22-20(24)18-12-25-19(23-18)10-15-6-4-3-5-7-15/h3-9,12H,10-11,21H2,1-2H3,(H,22,24). The van der Waals surface area contributed by atoms with E-state index in [1.165, 1.54) is 6.26 Å². The first-order valence-corrected chi connectivity index (χ1v) is 8.15. The zero-order valence-corrected chi connectivity index (χ0v) is 14.4.